The predicted molar refractivity (Wildman–Crippen MR) is 274 cm³/mol. The summed E-state index contributed by atoms with van der Waals surface area (Å²) in [6.07, 6.45) is 0. The molecule has 0 aliphatic heterocycles. The van der Waals surface area contributed by atoms with Gasteiger partial charge in [-0.1, -0.05) is 200 Å². The summed E-state index contributed by atoms with van der Waals surface area (Å²) in [6.45, 7) is 0. The number of pyridine rings is 1. The Kier molecular flexibility index (Phi) is 7.93. The third kappa shape index (κ3) is 5.21. The van der Waals surface area contributed by atoms with Crippen molar-refractivity contribution in [2.24, 2.45) is 0 Å². The van der Waals surface area contributed by atoms with Crippen LogP contribution in [0.1, 0.15) is 22.3 Å². The van der Waals surface area contributed by atoms with E-state index in [1.165, 1.54) is 88.2 Å². The van der Waals surface area contributed by atoms with Crippen LogP contribution in [-0.2, 0) is 5.41 Å². The summed E-state index contributed by atoms with van der Waals surface area (Å²) >= 11 is 0. The van der Waals surface area contributed by atoms with Crippen LogP contribution in [0.25, 0.3) is 105 Å². The molecule has 1 spiro atoms. The second kappa shape index (κ2) is 14.2. The maximum atomic E-state index is 5.31. The Morgan fingerprint density at radius 2 is 0.788 bits per heavy atom. The van der Waals surface area contributed by atoms with Crippen LogP contribution in [0.15, 0.2) is 243 Å². The molecule has 0 fully saturated rings. The van der Waals surface area contributed by atoms with Gasteiger partial charge in [-0.05, 0) is 120 Å². The average molecular weight is 837 g/mol. The van der Waals surface area contributed by atoms with Gasteiger partial charge in [0.2, 0.25) is 0 Å². The van der Waals surface area contributed by atoms with E-state index in [9.17, 15) is 0 Å². The van der Waals surface area contributed by atoms with Gasteiger partial charge in [-0.3, -0.25) is 0 Å². The topological polar surface area (TPSA) is 17.8 Å². The third-order valence-electron chi connectivity index (χ3n) is 14.4. The molecule has 12 aromatic rings. The van der Waals surface area contributed by atoms with Gasteiger partial charge in [-0.25, -0.2) is 4.98 Å². The fraction of sp³-hybridized carbons (Fsp3) is 0.0156. The first-order valence-corrected chi connectivity index (χ1v) is 22.9. The molecule has 0 radical (unpaired) electrons. The minimum atomic E-state index is -0.433. The highest BCUT2D eigenvalue weighted by Crippen LogP contribution is 2.65. The molecular formula is C64H40N2. The van der Waals surface area contributed by atoms with Crippen molar-refractivity contribution in [2.75, 3.05) is 0 Å². The number of hydrogen-bond acceptors (Lipinski definition) is 1. The summed E-state index contributed by atoms with van der Waals surface area (Å²) < 4.78 is 2.37. The number of aromatic nitrogens is 2. The van der Waals surface area contributed by atoms with E-state index >= 15 is 0 Å². The number of rotatable bonds is 5. The number of nitrogens with zero attached hydrogens (tertiary/aromatic N) is 2. The van der Waals surface area contributed by atoms with Crippen molar-refractivity contribution in [3.05, 3.63) is 265 Å². The van der Waals surface area contributed by atoms with Crippen molar-refractivity contribution in [1.29, 1.82) is 0 Å². The van der Waals surface area contributed by atoms with E-state index in [-0.39, 0.29) is 0 Å². The molecule has 2 nitrogen and oxygen atoms in total. The first-order chi connectivity index (χ1) is 32.7. The first-order valence-electron chi connectivity index (χ1n) is 22.9. The van der Waals surface area contributed by atoms with Gasteiger partial charge in [0.1, 0.15) is 0 Å². The smallest absolute Gasteiger partial charge is 0.0731 e. The lowest BCUT2D eigenvalue weighted by Gasteiger charge is -2.31. The Bertz CT molecular complexity index is 3810. The molecule has 0 amide bonds. The maximum Gasteiger partial charge on any atom is 0.0731 e. The number of hydrogen-bond donors (Lipinski definition) is 0. The van der Waals surface area contributed by atoms with Gasteiger partial charge in [0.15, 0.2) is 0 Å². The van der Waals surface area contributed by atoms with Crippen molar-refractivity contribution in [1.82, 2.24) is 9.55 Å². The van der Waals surface area contributed by atoms with Crippen LogP contribution in [-0.4, -0.2) is 9.55 Å². The van der Waals surface area contributed by atoms with E-state index in [2.05, 4.69) is 247 Å². The van der Waals surface area contributed by atoms with E-state index in [4.69, 9.17) is 4.98 Å². The number of fused-ring (bicyclic) bond motifs is 15. The zero-order valence-electron chi connectivity index (χ0n) is 36.0. The summed E-state index contributed by atoms with van der Waals surface area (Å²) in [6, 6.07) is 89.2. The van der Waals surface area contributed by atoms with Crippen LogP contribution in [0, 0.1) is 0 Å². The van der Waals surface area contributed by atoms with Crippen LogP contribution in [0.2, 0.25) is 0 Å². The van der Waals surface area contributed by atoms with Gasteiger partial charge in [0.05, 0.1) is 27.8 Å². The quantitative estimate of drug-likeness (QED) is 0.169. The second-order valence-corrected chi connectivity index (χ2v) is 17.8. The number of para-hydroxylation sites is 2. The van der Waals surface area contributed by atoms with Crippen molar-refractivity contribution in [3.63, 3.8) is 0 Å². The van der Waals surface area contributed by atoms with Crippen LogP contribution < -0.4 is 0 Å². The number of benzene rings is 10. The average Bonchev–Trinajstić information content (AvgIpc) is 4.01. The molecule has 0 saturated carbocycles. The summed E-state index contributed by atoms with van der Waals surface area (Å²) in [5.74, 6) is 0. The summed E-state index contributed by atoms with van der Waals surface area (Å²) in [7, 11) is 0. The molecule has 306 valence electrons. The lowest BCUT2D eigenvalue weighted by molar-refractivity contribution is 0.801. The van der Waals surface area contributed by atoms with E-state index in [1.807, 2.05) is 0 Å². The minimum Gasteiger partial charge on any atom is -0.309 e. The Balaban J connectivity index is 0.914. The minimum absolute atomic E-state index is 0.433. The van der Waals surface area contributed by atoms with Crippen LogP contribution >= 0.6 is 0 Å². The van der Waals surface area contributed by atoms with Gasteiger partial charge in [0, 0.05) is 27.6 Å². The SMILES string of the molecule is c1ccc(-c2cc(-c3ccc(-c4cc5ccccc5c5c4-c4ccccc4C54c5ccccc5-c5ccccc54)cc3)cc(-c3ccc(-n4c5ccccc5c5ccccc54)cc3)n2)cc1. The fourth-order valence-electron chi connectivity index (χ4n) is 11.6. The molecule has 2 heterocycles. The molecule has 0 atom stereocenters. The molecule has 10 aromatic carbocycles. The van der Waals surface area contributed by atoms with Crippen molar-refractivity contribution < 1.29 is 0 Å². The predicted octanol–water partition coefficient (Wildman–Crippen LogP) is 16.3. The summed E-state index contributed by atoms with van der Waals surface area (Å²) in [5.41, 5.74) is 22.6. The molecule has 2 aliphatic rings. The van der Waals surface area contributed by atoms with Crippen LogP contribution in [0.5, 0.6) is 0 Å². The standard InChI is InChI=1S/C64H40N2/c1-2-16-43(17-3-1)58-39-46(40-59(65-58)44-34-36-47(37-35-44)66-60-28-14-9-22-51(60)52-23-10-15-29-61(52)66)41-30-32-42(33-31-41)54-38-45-18-4-5-19-48(45)63-62(54)53-24-8-13-27-57(53)64(63)55-25-11-6-20-49(55)50-21-7-12-26-56(50)64/h1-40H. The zero-order chi connectivity index (χ0) is 43.3. The van der Waals surface area contributed by atoms with Crippen LogP contribution in [0.3, 0.4) is 0 Å². The molecule has 2 aliphatic carbocycles. The van der Waals surface area contributed by atoms with E-state index in [0.717, 1.165) is 39.3 Å². The Morgan fingerprint density at radius 3 is 1.42 bits per heavy atom. The van der Waals surface area contributed by atoms with Gasteiger partial charge < -0.3 is 4.57 Å². The van der Waals surface area contributed by atoms with Crippen molar-refractivity contribution in [2.45, 2.75) is 5.41 Å². The largest absolute Gasteiger partial charge is 0.309 e. The molecule has 0 N–H and O–H groups in total. The Morgan fingerprint density at radius 1 is 0.318 bits per heavy atom. The third-order valence-corrected chi connectivity index (χ3v) is 14.4. The molecule has 14 rings (SSSR count). The van der Waals surface area contributed by atoms with E-state index < -0.39 is 5.41 Å². The Labute approximate surface area is 383 Å². The second-order valence-electron chi connectivity index (χ2n) is 17.8. The highest BCUT2D eigenvalue weighted by Gasteiger charge is 2.53. The van der Waals surface area contributed by atoms with E-state index in [0.29, 0.717) is 0 Å². The Hall–Kier alpha value is -8.59. The van der Waals surface area contributed by atoms with Crippen molar-refractivity contribution >= 4 is 32.6 Å². The normalized spacial score (nSPS) is 13.0. The highest BCUT2D eigenvalue weighted by atomic mass is 15.0. The summed E-state index contributed by atoms with van der Waals surface area (Å²) in [4.78, 5) is 5.31. The molecule has 0 saturated heterocycles. The molecule has 2 heteroatoms. The molecular weight excluding hydrogens is 797 g/mol. The van der Waals surface area contributed by atoms with Gasteiger partial charge >= 0.3 is 0 Å². The van der Waals surface area contributed by atoms with Gasteiger partial charge in [-0.2, -0.15) is 0 Å². The first kappa shape index (κ1) is 36.8. The molecule has 66 heavy (non-hydrogen) atoms. The van der Waals surface area contributed by atoms with Gasteiger partial charge in [-0.15, -0.1) is 0 Å². The van der Waals surface area contributed by atoms with Crippen LogP contribution in [0.4, 0.5) is 0 Å². The highest BCUT2D eigenvalue weighted by molar-refractivity contribution is 6.10. The maximum absolute atomic E-state index is 5.31. The molecule has 0 unspecified atom stereocenters. The molecule has 2 aromatic heterocycles. The lowest BCUT2D eigenvalue weighted by Crippen LogP contribution is -2.26. The van der Waals surface area contributed by atoms with Gasteiger partial charge in [0.25, 0.3) is 0 Å². The van der Waals surface area contributed by atoms with Crippen molar-refractivity contribution in [3.8, 4) is 72.7 Å². The summed E-state index contributed by atoms with van der Waals surface area (Å²) in [5, 5.41) is 5.07. The zero-order valence-corrected chi connectivity index (χ0v) is 36.0. The molecule has 0 bridgehead atoms. The van der Waals surface area contributed by atoms with E-state index in [1.54, 1.807) is 0 Å². The monoisotopic (exact) mass is 836 g/mol. The fourth-order valence-corrected chi connectivity index (χ4v) is 11.6. The lowest BCUT2D eigenvalue weighted by atomic mass is 9.69.